The van der Waals surface area contributed by atoms with Crippen molar-refractivity contribution in [3.8, 4) is 5.75 Å². The molecule has 19 heavy (non-hydrogen) atoms. The minimum Gasteiger partial charge on any atom is -0.490 e. The molecule has 0 radical (unpaired) electrons. The summed E-state index contributed by atoms with van der Waals surface area (Å²) in [4.78, 5) is 0. The van der Waals surface area contributed by atoms with Gasteiger partial charge in [0.25, 0.3) is 0 Å². The van der Waals surface area contributed by atoms with Gasteiger partial charge in [-0.05, 0) is 43.5 Å². The average Bonchev–Trinajstić information content (AvgIpc) is 2.41. The molecule has 1 unspecified atom stereocenters. The van der Waals surface area contributed by atoms with Crippen molar-refractivity contribution in [2.75, 3.05) is 6.61 Å². The smallest absolute Gasteiger partial charge is 0.122 e. The summed E-state index contributed by atoms with van der Waals surface area (Å²) in [6.07, 6.45) is 0. The molecule has 0 bridgehead atoms. The molecule has 0 aromatic heterocycles. The van der Waals surface area contributed by atoms with Crippen LogP contribution in [-0.2, 0) is 5.60 Å². The van der Waals surface area contributed by atoms with E-state index < -0.39 is 5.60 Å². The number of benzene rings is 2. The van der Waals surface area contributed by atoms with Gasteiger partial charge in [-0.1, -0.05) is 42.5 Å². The van der Waals surface area contributed by atoms with Gasteiger partial charge in [0.05, 0.1) is 0 Å². The van der Waals surface area contributed by atoms with Gasteiger partial charge in [-0.25, -0.2) is 0 Å². The molecule has 2 aromatic carbocycles. The first-order chi connectivity index (χ1) is 9.00. The standard InChI is InChI=1S/C17H20O2/c1-13-8-7-11-16(14(13)2)19-12-17(3,18)15-9-5-4-6-10-15/h4-11,18H,12H2,1-3H3. The van der Waals surface area contributed by atoms with E-state index in [0.717, 1.165) is 16.9 Å². The summed E-state index contributed by atoms with van der Waals surface area (Å²) in [5.41, 5.74) is 2.18. The van der Waals surface area contributed by atoms with Crippen LogP contribution in [0.15, 0.2) is 48.5 Å². The number of aliphatic hydroxyl groups is 1. The Kier molecular flexibility index (Phi) is 3.91. The first-order valence-electron chi connectivity index (χ1n) is 6.47. The third-order valence-electron chi connectivity index (χ3n) is 3.46. The Bertz CT molecular complexity index is 544. The van der Waals surface area contributed by atoms with Gasteiger partial charge in [0.2, 0.25) is 0 Å². The Hall–Kier alpha value is -1.80. The molecule has 2 nitrogen and oxygen atoms in total. The van der Waals surface area contributed by atoms with Crippen LogP contribution in [0.5, 0.6) is 5.75 Å². The maximum atomic E-state index is 10.5. The zero-order valence-electron chi connectivity index (χ0n) is 11.7. The molecule has 0 aliphatic rings. The maximum absolute atomic E-state index is 10.5. The second-order valence-electron chi connectivity index (χ2n) is 5.13. The Morgan fingerprint density at radius 1 is 1.00 bits per heavy atom. The van der Waals surface area contributed by atoms with Crippen LogP contribution < -0.4 is 4.74 Å². The minimum absolute atomic E-state index is 0.237. The summed E-state index contributed by atoms with van der Waals surface area (Å²) in [5.74, 6) is 0.830. The van der Waals surface area contributed by atoms with Crippen LogP contribution >= 0.6 is 0 Å². The van der Waals surface area contributed by atoms with Crippen molar-refractivity contribution in [3.05, 3.63) is 65.2 Å². The molecule has 0 spiro atoms. The lowest BCUT2D eigenvalue weighted by Gasteiger charge is -2.24. The first-order valence-corrected chi connectivity index (χ1v) is 6.47. The summed E-state index contributed by atoms with van der Waals surface area (Å²) in [7, 11) is 0. The van der Waals surface area contributed by atoms with Gasteiger partial charge in [0.1, 0.15) is 18.0 Å². The second kappa shape index (κ2) is 5.45. The largest absolute Gasteiger partial charge is 0.490 e. The van der Waals surface area contributed by atoms with Crippen molar-refractivity contribution in [1.82, 2.24) is 0 Å². The highest BCUT2D eigenvalue weighted by Crippen LogP contribution is 2.25. The van der Waals surface area contributed by atoms with Crippen LogP contribution in [-0.4, -0.2) is 11.7 Å². The minimum atomic E-state index is -0.989. The topological polar surface area (TPSA) is 29.5 Å². The summed E-state index contributed by atoms with van der Waals surface area (Å²) < 4.78 is 5.79. The number of ether oxygens (including phenoxy) is 1. The van der Waals surface area contributed by atoms with E-state index in [1.807, 2.05) is 49.4 Å². The number of rotatable bonds is 4. The van der Waals surface area contributed by atoms with E-state index in [2.05, 4.69) is 13.0 Å². The van der Waals surface area contributed by atoms with E-state index in [9.17, 15) is 5.11 Å². The van der Waals surface area contributed by atoms with E-state index in [-0.39, 0.29) is 6.61 Å². The van der Waals surface area contributed by atoms with Crippen LogP contribution in [0.1, 0.15) is 23.6 Å². The van der Waals surface area contributed by atoms with Gasteiger partial charge in [0, 0.05) is 0 Å². The van der Waals surface area contributed by atoms with Gasteiger partial charge in [-0.15, -0.1) is 0 Å². The molecule has 2 heteroatoms. The third-order valence-corrected chi connectivity index (χ3v) is 3.46. The van der Waals surface area contributed by atoms with Crippen LogP contribution in [0.25, 0.3) is 0 Å². The fraction of sp³-hybridized carbons (Fsp3) is 0.294. The van der Waals surface area contributed by atoms with Gasteiger partial charge in [0.15, 0.2) is 0 Å². The number of aryl methyl sites for hydroxylation is 1. The predicted octanol–water partition coefficient (Wildman–Crippen LogP) is 3.59. The van der Waals surface area contributed by atoms with Crippen molar-refractivity contribution < 1.29 is 9.84 Å². The zero-order valence-corrected chi connectivity index (χ0v) is 11.7. The molecular formula is C17H20O2. The van der Waals surface area contributed by atoms with Crippen molar-refractivity contribution in [2.24, 2.45) is 0 Å². The molecule has 2 rings (SSSR count). The van der Waals surface area contributed by atoms with Gasteiger partial charge in [-0.3, -0.25) is 0 Å². The van der Waals surface area contributed by atoms with Gasteiger partial charge >= 0.3 is 0 Å². The highest BCUT2D eigenvalue weighted by atomic mass is 16.5. The fourth-order valence-corrected chi connectivity index (χ4v) is 1.98. The Balaban J connectivity index is 2.12. The molecule has 100 valence electrons. The highest BCUT2D eigenvalue weighted by molar-refractivity contribution is 5.38. The lowest BCUT2D eigenvalue weighted by atomic mass is 9.97. The molecule has 0 amide bonds. The van der Waals surface area contributed by atoms with E-state index in [1.165, 1.54) is 5.56 Å². The Morgan fingerprint density at radius 2 is 1.68 bits per heavy atom. The molecule has 2 aromatic rings. The van der Waals surface area contributed by atoms with Crippen molar-refractivity contribution in [1.29, 1.82) is 0 Å². The first kappa shape index (κ1) is 13.6. The SMILES string of the molecule is Cc1cccc(OCC(C)(O)c2ccccc2)c1C. The van der Waals surface area contributed by atoms with Crippen LogP contribution in [0.4, 0.5) is 0 Å². The fourth-order valence-electron chi connectivity index (χ4n) is 1.98. The zero-order chi connectivity index (χ0) is 13.9. The van der Waals surface area contributed by atoms with Crippen LogP contribution in [0.3, 0.4) is 0 Å². The predicted molar refractivity (Wildman–Crippen MR) is 77.4 cm³/mol. The van der Waals surface area contributed by atoms with Crippen LogP contribution in [0.2, 0.25) is 0 Å². The average molecular weight is 256 g/mol. The lowest BCUT2D eigenvalue weighted by molar-refractivity contribution is 0.00737. The second-order valence-corrected chi connectivity index (χ2v) is 5.13. The number of hydrogen-bond acceptors (Lipinski definition) is 2. The molecule has 1 atom stereocenters. The van der Waals surface area contributed by atoms with Crippen molar-refractivity contribution in [3.63, 3.8) is 0 Å². The monoisotopic (exact) mass is 256 g/mol. The lowest BCUT2D eigenvalue weighted by Crippen LogP contribution is -2.29. The molecule has 1 N–H and O–H groups in total. The molecule has 0 aliphatic carbocycles. The van der Waals surface area contributed by atoms with Crippen molar-refractivity contribution >= 4 is 0 Å². The summed E-state index contributed by atoms with van der Waals surface area (Å²) in [5, 5.41) is 10.5. The van der Waals surface area contributed by atoms with E-state index >= 15 is 0 Å². The van der Waals surface area contributed by atoms with Crippen LogP contribution in [0, 0.1) is 13.8 Å². The molecular weight excluding hydrogens is 236 g/mol. The van der Waals surface area contributed by atoms with Gasteiger partial charge < -0.3 is 9.84 Å². The molecule has 0 heterocycles. The quantitative estimate of drug-likeness (QED) is 0.905. The summed E-state index contributed by atoms with van der Waals surface area (Å²) >= 11 is 0. The van der Waals surface area contributed by atoms with E-state index in [0.29, 0.717) is 0 Å². The summed E-state index contributed by atoms with van der Waals surface area (Å²) in [6.45, 7) is 6.09. The molecule has 0 saturated carbocycles. The van der Waals surface area contributed by atoms with E-state index in [1.54, 1.807) is 6.92 Å². The summed E-state index contributed by atoms with van der Waals surface area (Å²) in [6, 6.07) is 15.5. The Labute approximate surface area is 114 Å². The highest BCUT2D eigenvalue weighted by Gasteiger charge is 2.24. The van der Waals surface area contributed by atoms with Gasteiger partial charge in [-0.2, -0.15) is 0 Å². The molecule has 0 saturated heterocycles. The normalized spacial score (nSPS) is 13.9. The Morgan fingerprint density at radius 3 is 2.37 bits per heavy atom. The maximum Gasteiger partial charge on any atom is 0.122 e. The third kappa shape index (κ3) is 3.15. The molecule has 0 fully saturated rings. The van der Waals surface area contributed by atoms with E-state index in [4.69, 9.17) is 4.74 Å². The number of hydrogen-bond donors (Lipinski definition) is 1. The van der Waals surface area contributed by atoms with Crippen molar-refractivity contribution in [2.45, 2.75) is 26.4 Å². The molecule has 0 aliphatic heterocycles.